The Labute approximate surface area is 147 Å². The van der Waals surface area contributed by atoms with Crippen molar-refractivity contribution in [2.24, 2.45) is 11.8 Å². The molecule has 1 aromatic rings. The summed E-state index contributed by atoms with van der Waals surface area (Å²) in [6.07, 6.45) is 4.20. The number of carbonyl (C=O) groups is 1. The molecule has 25 heavy (non-hydrogen) atoms. The lowest BCUT2D eigenvalue weighted by atomic mass is 9.90. The maximum Gasteiger partial charge on any atom is 0.246 e. The number of hydroxylamine groups is 2. The molecule has 0 saturated carbocycles. The molecule has 3 aliphatic heterocycles. The van der Waals surface area contributed by atoms with Gasteiger partial charge in [-0.2, -0.15) is 0 Å². The molecule has 0 bridgehead atoms. The zero-order valence-electron chi connectivity index (χ0n) is 14.5. The average molecular weight is 348 g/mol. The summed E-state index contributed by atoms with van der Waals surface area (Å²) in [6, 6.07) is 1.84. The maximum absolute atomic E-state index is 12.5. The van der Waals surface area contributed by atoms with Gasteiger partial charge in [0, 0.05) is 38.0 Å². The van der Waals surface area contributed by atoms with Gasteiger partial charge in [-0.3, -0.25) is 9.63 Å². The number of carbonyl (C=O) groups excluding carboxylic acids is 1. The van der Waals surface area contributed by atoms with Crippen LogP contribution >= 0.6 is 0 Å². The maximum atomic E-state index is 12.5. The molecule has 1 aromatic heterocycles. The van der Waals surface area contributed by atoms with Crippen molar-refractivity contribution in [3.05, 3.63) is 12.4 Å². The first-order valence-electron chi connectivity index (χ1n) is 8.90. The molecule has 3 saturated heterocycles. The summed E-state index contributed by atoms with van der Waals surface area (Å²) in [6.45, 7) is 3.62. The minimum absolute atomic E-state index is 0.0797. The molecule has 136 valence electrons. The van der Waals surface area contributed by atoms with Crippen LogP contribution in [0.4, 0.5) is 5.82 Å². The molecule has 8 heteroatoms. The van der Waals surface area contributed by atoms with Gasteiger partial charge in [0.25, 0.3) is 0 Å². The third-order valence-electron chi connectivity index (χ3n) is 5.32. The van der Waals surface area contributed by atoms with Crippen LogP contribution in [0.1, 0.15) is 19.3 Å². The second kappa shape index (κ2) is 7.13. The summed E-state index contributed by atoms with van der Waals surface area (Å²) in [5.41, 5.74) is 0. The summed E-state index contributed by atoms with van der Waals surface area (Å²) >= 11 is 0. The number of nitrogens with zero attached hydrogens (tertiary/aromatic N) is 4. The van der Waals surface area contributed by atoms with Crippen molar-refractivity contribution in [2.45, 2.75) is 25.4 Å². The van der Waals surface area contributed by atoms with Gasteiger partial charge in [0.1, 0.15) is 12.1 Å². The van der Waals surface area contributed by atoms with E-state index in [1.54, 1.807) is 12.2 Å². The summed E-state index contributed by atoms with van der Waals surface area (Å²) in [4.78, 5) is 28.5. The molecule has 0 aromatic carbocycles. The lowest BCUT2D eigenvalue weighted by molar-refractivity contribution is -0.198. The Bertz CT molecular complexity index is 622. The lowest BCUT2D eigenvalue weighted by Gasteiger charge is -2.27. The molecule has 4 rings (SSSR count). The largest absolute Gasteiger partial charge is 0.481 e. The molecular formula is C17H24N4O4. The van der Waals surface area contributed by atoms with Crippen molar-refractivity contribution in [3.8, 4) is 5.88 Å². The van der Waals surface area contributed by atoms with Gasteiger partial charge >= 0.3 is 0 Å². The highest BCUT2D eigenvalue weighted by atomic mass is 16.7. The van der Waals surface area contributed by atoms with Gasteiger partial charge in [-0.05, 0) is 18.8 Å². The summed E-state index contributed by atoms with van der Waals surface area (Å²) in [5.74, 6) is 2.05. The first-order valence-corrected chi connectivity index (χ1v) is 8.90. The highest BCUT2D eigenvalue weighted by Gasteiger charge is 2.45. The Balaban J connectivity index is 1.38. The van der Waals surface area contributed by atoms with Gasteiger partial charge in [-0.15, -0.1) is 0 Å². The number of anilines is 1. The monoisotopic (exact) mass is 348 g/mol. The smallest absolute Gasteiger partial charge is 0.246 e. The second-order valence-electron chi connectivity index (χ2n) is 6.86. The van der Waals surface area contributed by atoms with Crippen molar-refractivity contribution < 1.29 is 19.1 Å². The van der Waals surface area contributed by atoms with Gasteiger partial charge in [-0.1, -0.05) is 0 Å². The topological polar surface area (TPSA) is 77.0 Å². The lowest BCUT2D eigenvalue weighted by Crippen LogP contribution is -2.37. The van der Waals surface area contributed by atoms with Crippen LogP contribution in [-0.4, -0.2) is 67.0 Å². The van der Waals surface area contributed by atoms with E-state index in [0.29, 0.717) is 38.0 Å². The fourth-order valence-corrected chi connectivity index (χ4v) is 3.93. The normalized spacial score (nSPS) is 28.9. The van der Waals surface area contributed by atoms with Gasteiger partial charge < -0.3 is 14.4 Å². The molecule has 0 radical (unpaired) electrons. The average Bonchev–Trinajstić information content (AvgIpc) is 3.24. The fraction of sp³-hybridized carbons (Fsp3) is 0.706. The standard InChI is InChI=1S/C17H24N4O4/c1-23-16-7-15(18-11-19-16)20-8-13-12(10-24-14(13)9-20)6-17(22)21-4-2-3-5-25-21/h7,11-14H,2-6,8-10H2,1H3/t12-,13+,14+/m0/s1. The van der Waals surface area contributed by atoms with E-state index < -0.39 is 0 Å². The Morgan fingerprint density at radius 1 is 1.36 bits per heavy atom. The highest BCUT2D eigenvalue weighted by Crippen LogP contribution is 2.37. The van der Waals surface area contributed by atoms with E-state index in [-0.39, 0.29) is 17.9 Å². The molecule has 0 N–H and O–H groups in total. The summed E-state index contributed by atoms with van der Waals surface area (Å²) in [7, 11) is 1.60. The first-order chi connectivity index (χ1) is 12.2. The molecule has 8 nitrogen and oxygen atoms in total. The second-order valence-corrected chi connectivity index (χ2v) is 6.86. The van der Waals surface area contributed by atoms with Crippen LogP contribution in [0.25, 0.3) is 0 Å². The van der Waals surface area contributed by atoms with Crippen molar-refractivity contribution in [1.82, 2.24) is 15.0 Å². The number of methoxy groups -OCH3 is 1. The molecule has 3 fully saturated rings. The minimum Gasteiger partial charge on any atom is -0.481 e. The Hall–Kier alpha value is -1.93. The van der Waals surface area contributed by atoms with Gasteiger partial charge in [0.15, 0.2) is 0 Å². The molecule has 1 amide bonds. The van der Waals surface area contributed by atoms with Crippen molar-refractivity contribution in [2.75, 3.05) is 44.9 Å². The van der Waals surface area contributed by atoms with Crippen LogP contribution in [0.3, 0.4) is 0 Å². The van der Waals surface area contributed by atoms with Crippen molar-refractivity contribution in [3.63, 3.8) is 0 Å². The number of aromatic nitrogens is 2. The van der Waals surface area contributed by atoms with Crippen LogP contribution in [0, 0.1) is 11.8 Å². The SMILES string of the molecule is COc1cc(N2C[C@@H]3[C@@H](CC(=O)N4CCCCO4)CO[C@@H]3C2)ncn1. The van der Waals surface area contributed by atoms with Crippen molar-refractivity contribution in [1.29, 1.82) is 0 Å². The van der Waals surface area contributed by atoms with E-state index in [1.807, 2.05) is 6.07 Å². The van der Waals surface area contributed by atoms with Gasteiger partial charge in [0.2, 0.25) is 11.8 Å². The zero-order valence-corrected chi connectivity index (χ0v) is 14.5. The molecule has 0 spiro atoms. The number of ether oxygens (including phenoxy) is 2. The Morgan fingerprint density at radius 3 is 3.08 bits per heavy atom. The van der Waals surface area contributed by atoms with E-state index in [4.69, 9.17) is 14.3 Å². The van der Waals surface area contributed by atoms with Crippen LogP contribution in [0.15, 0.2) is 12.4 Å². The Kier molecular flexibility index (Phi) is 4.72. The third-order valence-corrected chi connectivity index (χ3v) is 5.32. The van der Waals surface area contributed by atoms with E-state index >= 15 is 0 Å². The number of fused-ring (bicyclic) bond motifs is 1. The molecule has 0 unspecified atom stereocenters. The van der Waals surface area contributed by atoms with Gasteiger partial charge in [-0.25, -0.2) is 15.0 Å². The quantitative estimate of drug-likeness (QED) is 0.799. The molecule has 3 atom stereocenters. The fourth-order valence-electron chi connectivity index (χ4n) is 3.93. The zero-order chi connectivity index (χ0) is 17.2. The number of amides is 1. The predicted octanol–water partition coefficient (Wildman–Crippen LogP) is 0.880. The summed E-state index contributed by atoms with van der Waals surface area (Å²) < 4.78 is 11.1. The minimum atomic E-state index is 0.0797. The predicted molar refractivity (Wildman–Crippen MR) is 89.0 cm³/mol. The van der Waals surface area contributed by atoms with Crippen LogP contribution in [0.2, 0.25) is 0 Å². The summed E-state index contributed by atoms with van der Waals surface area (Å²) in [5, 5.41) is 1.54. The van der Waals surface area contributed by atoms with E-state index in [2.05, 4.69) is 14.9 Å². The number of hydrogen-bond acceptors (Lipinski definition) is 7. The molecule has 4 heterocycles. The van der Waals surface area contributed by atoms with Crippen LogP contribution in [-0.2, 0) is 14.4 Å². The Morgan fingerprint density at radius 2 is 2.28 bits per heavy atom. The first kappa shape index (κ1) is 16.5. The van der Waals surface area contributed by atoms with Crippen LogP contribution < -0.4 is 9.64 Å². The van der Waals surface area contributed by atoms with Crippen LogP contribution in [0.5, 0.6) is 5.88 Å². The van der Waals surface area contributed by atoms with E-state index in [0.717, 1.165) is 31.7 Å². The molecular weight excluding hydrogens is 324 g/mol. The highest BCUT2D eigenvalue weighted by molar-refractivity contribution is 5.75. The molecule has 3 aliphatic rings. The van der Waals surface area contributed by atoms with Gasteiger partial charge in [0.05, 0.1) is 26.4 Å². The molecule has 0 aliphatic carbocycles. The number of hydrogen-bond donors (Lipinski definition) is 0. The van der Waals surface area contributed by atoms with E-state index in [9.17, 15) is 4.79 Å². The van der Waals surface area contributed by atoms with Crippen molar-refractivity contribution >= 4 is 11.7 Å². The number of rotatable bonds is 4. The third kappa shape index (κ3) is 3.41. The van der Waals surface area contributed by atoms with E-state index in [1.165, 1.54) is 6.33 Å².